The van der Waals surface area contributed by atoms with Crippen molar-refractivity contribution in [3.63, 3.8) is 0 Å². The molecule has 2 aliphatic rings. The van der Waals surface area contributed by atoms with Gasteiger partial charge in [0.2, 0.25) is 5.91 Å². The van der Waals surface area contributed by atoms with Gasteiger partial charge in [-0.15, -0.1) is 0 Å². The zero-order valence-corrected chi connectivity index (χ0v) is 12.8. The van der Waals surface area contributed by atoms with Crippen molar-refractivity contribution in [3.05, 3.63) is 23.2 Å². The van der Waals surface area contributed by atoms with Gasteiger partial charge < -0.3 is 19.3 Å². The Morgan fingerprint density at radius 2 is 2.14 bits per heavy atom. The van der Waals surface area contributed by atoms with Gasteiger partial charge in [-0.3, -0.25) is 4.79 Å². The predicted molar refractivity (Wildman–Crippen MR) is 81.2 cm³/mol. The monoisotopic (exact) mass is 310 g/mol. The molecule has 2 heterocycles. The fourth-order valence-electron chi connectivity index (χ4n) is 2.74. The first-order chi connectivity index (χ1) is 10.1. The first kappa shape index (κ1) is 14.5. The standard InChI is InChI=1S/C15H19ClN2O3/c1-11-9-18(10-14(19)17-5-7-20-8-6-17)13-4-2-3-12(16)15(13)21-11/h2-4,11H,5-10H2,1H3/t11-/m0/s1. The highest BCUT2D eigenvalue weighted by atomic mass is 35.5. The number of amides is 1. The number of fused-ring (bicyclic) bond motifs is 1. The van der Waals surface area contributed by atoms with Crippen molar-refractivity contribution in [2.24, 2.45) is 0 Å². The van der Waals surface area contributed by atoms with Crippen molar-refractivity contribution in [3.8, 4) is 5.75 Å². The van der Waals surface area contributed by atoms with Gasteiger partial charge in [0, 0.05) is 13.1 Å². The lowest BCUT2D eigenvalue weighted by molar-refractivity contribution is -0.133. The lowest BCUT2D eigenvalue weighted by atomic mass is 10.2. The third-order valence-electron chi connectivity index (χ3n) is 3.77. The second-order valence-corrected chi connectivity index (χ2v) is 5.80. The van der Waals surface area contributed by atoms with E-state index >= 15 is 0 Å². The molecule has 0 aromatic heterocycles. The van der Waals surface area contributed by atoms with Gasteiger partial charge in [0.1, 0.15) is 6.10 Å². The zero-order valence-electron chi connectivity index (χ0n) is 12.0. The first-order valence-electron chi connectivity index (χ1n) is 7.21. The van der Waals surface area contributed by atoms with E-state index in [4.69, 9.17) is 21.1 Å². The number of hydrogen-bond donors (Lipinski definition) is 0. The first-order valence-corrected chi connectivity index (χ1v) is 7.58. The maximum Gasteiger partial charge on any atom is 0.242 e. The topological polar surface area (TPSA) is 42.0 Å². The number of nitrogens with zero attached hydrogens (tertiary/aromatic N) is 2. The van der Waals surface area contributed by atoms with Gasteiger partial charge in [-0.25, -0.2) is 0 Å². The highest BCUT2D eigenvalue weighted by Crippen LogP contribution is 2.39. The van der Waals surface area contributed by atoms with Crippen LogP contribution in [0.25, 0.3) is 0 Å². The Morgan fingerprint density at radius 3 is 2.90 bits per heavy atom. The Balaban J connectivity index is 1.76. The van der Waals surface area contributed by atoms with Crippen molar-refractivity contribution < 1.29 is 14.3 Å². The second-order valence-electron chi connectivity index (χ2n) is 5.39. The van der Waals surface area contributed by atoms with E-state index in [0.29, 0.717) is 50.2 Å². The molecule has 6 heteroatoms. The van der Waals surface area contributed by atoms with Crippen LogP contribution in [0, 0.1) is 0 Å². The molecular formula is C15H19ClN2O3. The summed E-state index contributed by atoms with van der Waals surface area (Å²) in [4.78, 5) is 16.3. The average Bonchev–Trinajstić information content (AvgIpc) is 2.49. The van der Waals surface area contributed by atoms with Crippen molar-refractivity contribution in [2.75, 3.05) is 44.3 Å². The Morgan fingerprint density at radius 1 is 1.38 bits per heavy atom. The van der Waals surface area contributed by atoms with Crippen LogP contribution in [-0.2, 0) is 9.53 Å². The van der Waals surface area contributed by atoms with Crippen LogP contribution in [-0.4, -0.2) is 56.3 Å². The predicted octanol–water partition coefficient (Wildman–Crippen LogP) is 1.79. The number of benzene rings is 1. The van der Waals surface area contributed by atoms with Crippen LogP contribution in [0.3, 0.4) is 0 Å². The molecule has 5 nitrogen and oxygen atoms in total. The van der Waals surface area contributed by atoms with Gasteiger partial charge in [0.15, 0.2) is 5.75 Å². The SMILES string of the molecule is C[C@H]1CN(CC(=O)N2CCOCC2)c2cccc(Cl)c2O1. The average molecular weight is 311 g/mol. The molecule has 0 radical (unpaired) electrons. The van der Waals surface area contributed by atoms with E-state index in [1.165, 1.54) is 0 Å². The van der Waals surface area contributed by atoms with Gasteiger partial charge in [0.05, 0.1) is 37.0 Å². The number of carbonyl (C=O) groups is 1. The molecule has 114 valence electrons. The summed E-state index contributed by atoms with van der Waals surface area (Å²) in [5.74, 6) is 0.797. The van der Waals surface area contributed by atoms with Crippen LogP contribution < -0.4 is 9.64 Å². The number of halogens is 1. The van der Waals surface area contributed by atoms with Crippen molar-refractivity contribution in [2.45, 2.75) is 13.0 Å². The minimum Gasteiger partial charge on any atom is -0.485 e. The molecule has 21 heavy (non-hydrogen) atoms. The number of morpholine rings is 1. The smallest absolute Gasteiger partial charge is 0.242 e. The maximum absolute atomic E-state index is 12.4. The fourth-order valence-corrected chi connectivity index (χ4v) is 2.95. The van der Waals surface area contributed by atoms with Gasteiger partial charge in [-0.05, 0) is 19.1 Å². The molecule has 0 spiro atoms. The number of rotatable bonds is 2. The summed E-state index contributed by atoms with van der Waals surface area (Å²) in [6, 6.07) is 5.63. The summed E-state index contributed by atoms with van der Waals surface area (Å²) in [6.07, 6.45) is 0.00916. The number of hydrogen-bond acceptors (Lipinski definition) is 4. The van der Waals surface area contributed by atoms with Gasteiger partial charge >= 0.3 is 0 Å². The summed E-state index contributed by atoms with van der Waals surface area (Å²) in [5, 5.41) is 0.586. The van der Waals surface area contributed by atoms with E-state index < -0.39 is 0 Å². The summed E-state index contributed by atoms with van der Waals surface area (Å²) < 4.78 is 11.1. The summed E-state index contributed by atoms with van der Waals surface area (Å²) >= 11 is 6.19. The Hall–Kier alpha value is -1.46. The van der Waals surface area contributed by atoms with Crippen LogP contribution >= 0.6 is 11.6 Å². The molecule has 1 aromatic rings. The maximum atomic E-state index is 12.4. The lowest BCUT2D eigenvalue weighted by Gasteiger charge is -2.36. The minimum atomic E-state index is 0.00916. The van der Waals surface area contributed by atoms with Crippen LogP contribution in [0.4, 0.5) is 5.69 Å². The molecule has 0 bridgehead atoms. The van der Waals surface area contributed by atoms with Crippen LogP contribution in [0.2, 0.25) is 5.02 Å². The summed E-state index contributed by atoms with van der Waals surface area (Å²) in [7, 11) is 0. The van der Waals surface area contributed by atoms with E-state index in [-0.39, 0.29) is 12.0 Å². The quantitative estimate of drug-likeness (QED) is 0.835. The normalized spacial score (nSPS) is 21.7. The van der Waals surface area contributed by atoms with E-state index in [2.05, 4.69) is 0 Å². The molecule has 1 atom stereocenters. The van der Waals surface area contributed by atoms with Gasteiger partial charge in [0.25, 0.3) is 0 Å². The molecule has 1 amide bonds. The molecule has 3 rings (SSSR count). The molecule has 0 aliphatic carbocycles. The summed E-state index contributed by atoms with van der Waals surface area (Å²) in [5.41, 5.74) is 0.891. The molecule has 0 N–H and O–H groups in total. The highest BCUT2D eigenvalue weighted by Gasteiger charge is 2.28. The summed E-state index contributed by atoms with van der Waals surface area (Å²) in [6.45, 7) is 5.59. The van der Waals surface area contributed by atoms with E-state index in [0.717, 1.165) is 5.69 Å². The third kappa shape index (κ3) is 3.09. The largest absolute Gasteiger partial charge is 0.485 e. The van der Waals surface area contributed by atoms with Crippen molar-refractivity contribution in [1.82, 2.24) is 4.90 Å². The number of para-hydroxylation sites is 1. The molecular weight excluding hydrogens is 292 g/mol. The highest BCUT2D eigenvalue weighted by molar-refractivity contribution is 6.32. The Kier molecular flexibility index (Phi) is 4.22. The molecule has 1 aromatic carbocycles. The second kappa shape index (κ2) is 6.12. The number of anilines is 1. The number of carbonyl (C=O) groups excluding carboxylic acids is 1. The molecule has 0 unspecified atom stereocenters. The van der Waals surface area contributed by atoms with Gasteiger partial charge in [-0.1, -0.05) is 17.7 Å². The van der Waals surface area contributed by atoms with Crippen molar-refractivity contribution >= 4 is 23.2 Å². The third-order valence-corrected chi connectivity index (χ3v) is 4.07. The molecule has 1 fully saturated rings. The van der Waals surface area contributed by atoms with E-state index in [9.17, 15) is 4.79 Å². The Labute approximate surface area is 129 Å². The minimum absolute atomic E-state index is 0.00916. The zero-order chi connectivity index (χ0) is 14.8. The van der Waals surface area contributed by atoms with E-state index in [1.807, 2.05) is 28.9 Å². The molecule has 1 saturated heterocycles. The van der Waals surface area contributed by atoms with E-state index in [1.54, 1.807) is 6.07 Å². The van der Waals surface area contributed by atoms with Crippen LogP contribution in [0.15, 0.2) is 18.2 Å². The van der Waals surface area contributed by atoms with Crippen LogP contribution in [0.5, 0.6) is 5.75 Å². The number of ether oxygens (including phenoxy) is 2. The van der Waals surface area contributed by atoms with Crippen LogP contribution in [0.1, 0.15) is 6.92 Å². The van der Waals surface area contributed by atoms with Gasteiger partial charge in [-0.2, -0.15) is 0 Å². The molecule has 0 saturated carbocycles. The van der Waals surface area contributed by atoms with Crippen molar-refractivity contribution in [1.29, 1.82) is 0 Å². The Bertz CT molecular complexity index is 532. The lowest BCUT2D eigenvalue weighted by Crippen LogP contribution is -2.48. The fraction of sp³-hybridized carbons (Fsp3) is 0.533. The molecule has 2 aliphatic heterocycles.